The Labute approximate surface area is 495 Å². The van der Waals surface area contributed by atoms with Crippen molar-refractivity contribution in [3.63, 3.8) is 0 Å². The first-order valence-corrected chi connectivity index (χ1v) is 33.4. The monoisotopic (exact) mass is 1140 g/mol. The Morgan fingerprint density at radius 1 is 0.481 bits per heavy atom. The standard InChI is InChI=1S/C70H123NO10/c1-4-7-10-13-16-19-22-25-27-29-30-31-32-33-34-35-37-40-43-46-49-52-55-58-65(75)81-68-67(77)66(76)64(59-72)80-70(68)79-60-61(62(73)56-53-50-47-44-41-38-24-21-18-15-12-9-6-3)71-69(78)63(74)57-54-51-48-45-42-39-36-28-26-23-20-17-14-11-8-5-2/h16-17,19-20,25-28,30-31,33-34,53,56,61-64,66-68,70,72-74,76-77H,4-15,18,21-24,29,32,35-52,54-55,57-60H2,1-3H3,(H,71,78)/b19-16-,20-17-,27-25-,28-26-,31-30-,34-33-,56-53+. The lowest BCUT2D eigenvalue weighted by molar-refractivity contribution is -0.305. The van der Waals surface area contributed by atoms with Gasteiger partial charge < -0.3 is 45.1 Å². The zero-order valence-corrected chi connectivity index (χ0v) is 51.9. The fraction of sp³-hybridized carbons (Fsp3) is 0.771. The highest BCUT2D eigenvalue weighted by molar-refractivity contribution is 5.80. The summed E-state index contributed by atoms with van der Waals surface area (Å²) in [6.07, 6.45) is 64.6. The zero-order valence-electron chi connectivity index (χ0n) is 51.9. The predicted octanol–water partition coefficient (Wildman–Crippen LogP) is 16.5. The van der Waals surface area contributed by atoms with Gasteiger partial charge in [0, 0.05) is 6.42 Å². The Morgan fingerprint density at radius 2 is 0.852 bits per heavy atom. The van der Waals surface area contributed by atoms with Crippen LogP contribution in [0.1, 0.15) is 284 Å². The molecule has 1 rings (SSSR count). The molecule has 0 aromatic rings. The van der Waals surface area contributed by atoms with Crippen LogP contribution >= 0.6 is 0 Å². The number of aliphatic hydroxyl groups is 5. The van der Waals surface area contributed by atoms with Gasteiger partial charge in [-0.05, 0) is 103 Å². The molecule has 1 amide bonds. The minimum absolute atomic E-state index is 0.107. The average Bonchev–Trinajstić information content (AvgIpc) is 3.53. The number of esters is 1. The fourth-order valence-electron chi connectivity index (χ4n) is 9.96. The van der Waals surface area contributed by atoms with Gasteiger partial charge >= 0.3 is 5.97 Å². The molecule has 11 heteroatoms. The molecule has 0 aliphatic carbocycles. The van der Waals surface area contributed by atoms with Crippen molar-refractivity contribution in [3.05, 3.63) is 85.1 Å². The number of hydrogen-bond acceptors (Lipinski definition) is 10. The molecule has 0 aromatic carbocycles. The Bertz CT molecular complexity index is 1640. The summed E-state index contributed by atoms with van der Waals surface area (Å²) >= 11 is 0. The van der Waals surface area contributed by atoms with E-state index in [1.54, 1.807) is 6.08 Å². The van der Waals surface area contributed by atoms with Crippen molar-refractivity contribution in [2.45, 2.75) is 333 Å². The van der Waals surface area contributed by atoms with Crippen LogP contribution in [0.4, 0.5) is 0 Å². The second kappa shape index (κ2) is 57.3. The summed E-state index contributed by atoms with van der Waals surface area (Å²) in [4.78, 5) is 26.6. The van der Waals surface area contributed by atoms with Crippen molar-refractivity contribution in [3.8, 4) is 0 Å². The number of allylic oxidation sites excluding steroid dienone is 13. The molecule has 1 aliphatic rings. The van der Waals surface area contributed by atoms with Gasteiger partial charge in [-0.15, -0.1) is 0 Å². The molecule has 8 unspecified atom stereocenters. The number of carbonyl (C=O) groups is 2. The third-order valence-electron chi connectivity index (χ3n) is 15.3. The molecule has 0 bridgehead atoms. The van der Waals surface area contributed by atoms with E-state index >= 15 is 0 Å². The molecule has 0 aromatic heterocycles. The van der Waals surface area contributed by atoms with Crippen LogP contribution in [0.15, 0.2) is 85.1 Å². The molecule has 11 nitrogen and oxygen atoms in total. The average molecular weight is 1140 g/mol. The summed E-state index contributed by atoms with van der Waals surface area (Å²) in [5, 5.41) is 57.1. The maximum Gasteiger partial charge on any atom is 0.306 e. The van der Waals surface area contributed by atoms with Gasteiger partial charge in [-0.2, -0.15) is 0 Å². The summed E-state index contributed by atoms with van der Waals surface area (Å²) in [5.41, 5.74) is 0. The summed E-state index contributed by atoms with van der Waals surface area (Å²) in [7, 11) is 0. The molecule has 81 heavy (non-hydrogen) atoms. The van der Waals surface area contributed by atoms with Crippen LogP contribution in [-0.2, 0) is 23.8 Å². The maximum absolute atomic E-state index is 13.4. The van der Waals surface area contributed by atoms with E-state index in [4.69, 9.17) is 14.2 Å². The van der Waals surface area contributed by atoms with E-state index in [0.29, 0.717) is 12.8 Å². The third-order valence-corrected chi connectivity index (χ3v) is 15.3. The number of amides is 1. The predicted molar refractivity (Wildman–Crippen MR) is 338 cm³/mol. The van der Waals surface area contributed by atoms with Gasteiger partial charge in [-0.3, -0.25) is 9.59 Å². The lowest BCUT2D eigenvalue weighted by Crippen LogP contribution is -2.61. The highest BCUT2D eigenvalue weighted by atomic mass is 16.7. The van der Waals surface area contributed by atoms with E-state index < -0.39 is 67.4 Å². The minimum Gasteiger partial charge on any atom is -0.454 e. The largest absolute Gasteiger partial charge is 0.454 e. The van der Waals surface area contributed by atoms with Crippen molar-refractivity contribution < 1.29 is 49.3 Å². The summed E-state index contributed by atoms with van der Waals surface area (Å²) in [6, 6.07) is -1.03. The summed E-state index contributed by atoms with van der Waals surface area (Å²) in [5.74, 6) is -1.21. The summed E-state index contributed by atoms with van der Waals surface area (Å²) in [6.45, 7) is 5.74. The quantitative estimate of drug-likeness (QED) is 0.0195. The van der Waals surface area contributed by atoms with Crippen LogP contribution in [0.3, 0.4) is 0 Å². The Hall–Kier alpha value is -3.16. The molecule has 0 spiro atoms. The number of unbranched alkanes of at least 4 members (excludes halogenated alkanes) is 30. The first kappa shape index (κ1) is 75.9. The van der Waals surface area contributed by atoms with E-state index in [2.05, 4.69) is 99.0 Å². The number of carbonyl (C=O) groups excluding carboxylic acids is 2. The van der Waals surface area contributed by atoms with Crippen LogP contribution in [0, 0.1) is 0 Å². The van der Waals surface area contributed by atoms with Crippen molar-refractivity contribution >= 4 is 11.9 Å². The van der Waals surface area contributed by atoms with Gasteiger partial charge in [0.15, 0.2) is 12.4 Å². The van der Waals surface area contributed by atoms with Crippen LogP contribution in [0.2, 0.25) is 0 Å². The van der Waals surface area contributed by atoms with Crippen LogP contribution in [0.5, 0.6) is 0 Å². The molecule has 468 valence electrons. The van der Waals surface area contributed by atoms with Gasteiger partial charge in [0.2, 0.25) is 5.91 Å². The molecule has 0 saturated carbocycles. The number of nitrogens with one attached hydrogen (secondary N) is 1. The Morgan fingerprint density at radius 3 is 1.30 bits per heavy atom. The van der Waals surface area contributed by atoms with Gasteiger partial charge in [0.1, 0.15) is 24.4 Å². The molecule has 1 saturated heterocycles. The molecule has 1 fully saturated rings. The fourth-order valence-corrected chi connectivity index (χ4v) is 9.96. The first-order valence-electron chi connectivity index (χ1n) is 33.4. The van der Waals surface area contributed by atoms with Crippen LogP contribution < -0.4 is 5.32 Å². The lowest BCUT2D eigenvalue weighted by Gasteiger charge is -2.41. The maximum atomic E-state index is 13.4. The van der Waals surface area contributed by atoms with Crippen molar-refractivity contribution in [1.82, 2.24) is 5.32 Å². The molecule has 8 atom stereocenters. The Balaban J connectivity index is 2.65. The molecule has 0 radical (unpaired) electrons. The number of ether oxygens (including phenoxy) is 3. The number of rotatable bonds is 56. The molecule has 1 heterocycles. The third kappa shape index (κ3) is 45.0. The molecule has 6 N–H and O–H groups in total. The smallest absolute Gasteiger partial charge is 0.306 e. The zero-order chi connectivity index (χ0) is 58.9. The van der Waals surface area contributed by atoms with E-state index in [1.807, 2.05) is 6.08 Å². The molecule has 1 aliphatic heterocycles. The minimum atomic E-state index is -1.62. The van der Waals surface area contributed by atoms with Gasteiger partial charge in [0.05, 0.1) is 25.4 Å². The Kier molecular flexibility index (Phi) is 53.6. The SMILES string of the molecule is CCCCC/C=C\C/C=C\C/C=C\C/C=C\CCCCCCCCCC(=O)OC1C(OCC(NC(=O)C(O)CCCCCCCC/C=C\C/C=C\CCCCC)C(O)/C=C/CCCCCCCCCCCCC)OC(CO)C(O)C1O. The highest BCUT2D eigenvalue weighted by Crippen LogP contribution is 2.26. The first-order chi connectivity index (χ1) is 39.7. The van der Waals surface area contributed by atoms with E-state index in [9.17, 15) is 35.1 Å². The second-order valence-electron chi connectivity index (χ2n) is 22.8. The lowest BCUT2D eigenvalue weighted by atomic mass is 9.99. The summed E-state index contributed by atoms with van der Waals surface area (Å²) < 4.78 is 17.7. The van der Waals surface area contributed by atoms with Crippen molar-refractivity contribution in [1.29, 1.82) is 0 Å². The van der Waals surface area contributed by atoms with Crippen molar-refractivity contribution in [2.75, 3.05) is 13.2 Å². The molecular weight excluding hydrogens is 1010 g/mol. The van der Waals surface area contributed by atoms with Gasteiger partial charge in [-0.25, -0.2) is 0 Å². The van der Waals surface area contributed by atoms with E-state index in [1.165, 1.54) is 109 Å². The normalized spacial score (nSPS) is 19.2. The number of hydrogen-bond donors (Lipinski definition) is 6. The highest BCUT2D eigenvalue weighted by Gasteiger charge is 2.47. The van der Waals surface area contributed by atoms with Crippen LogP contribution in [0.25, 0.3) is 0 Å². The van der Waals surface area contributed by atoms with Crippen molar-refractivity contribution in [2.24, 2.45) is 0 Å². The van der Waals surface area contributed by atoms with Gasteiger partial charge in [0.25, 0.3) is 0 Å². The van der Waals surface area contributed by atoms with Crippen LogP contribution in [-0.4, -0.2) is 99.6 Å². The van der Waals surface area contributed by atoms with E-state index in [0.717, 1.165) is 128 Å². The molecular formula is C70H123NO10. The van der Waals surface area contributed by atoms with E-state index in [-0.39, 0.29) is 19.4 Å². The van der Waals surface area contributed by atoms with Gasteiger partial charge in [-0.1, -0.05) is 260 Å². The second-order valence-corrected chi connectivity index (χ2v) is 22.8. The number of aliphatic hydroxyl groups excluding tert-OH is 5. The topological polar surface area (TPSA) is 175 Å².